The van der Waals surface area contributed by atoms with Crippen LogP contribution in [0.5, 0.6) is 0 Å². The highest BCUT2D eigenvalue weighted by molar-refractivity contribution is 7.19. The minimum Gasteiger partial charge on any atom is -0.481 e. The number of carbonyl (C=O) groups is 1. The molecule has 4 heteroatoms. The van der Waals surface area contributed by atoms with Crippen LogP contribution >= 0.6 is 11.1 Å². The summed E-state index contributed by atoms with van der Waals surface area (Å²) in [5, 5.41) is 8.62. The van der Waals surface area contributed by atoms with Gasteiger partial charge in [-0.1, -0.05) is 186 Å². The Balaban J connectivity index is 3.05. The molecular weight excluding hydrogens is 492 g/mol. The molecule has 0 aliphatic rings. The van der Waals surface area contributed by atoms with Crippen LogP contribution < -0.4 is 0 Å². The molecule has 0 rings (SSSR count). The summed E-state index contributed by atoms with van der Waals surface area (Å²) < 4.78 is 0. The number of unbranched alkanes of at least 4 members (excludes halogenated alkanes) is 27. The summed E-state index contributed by atoms with van der Waals surface area (Å²) in [5.74, 6) is -0.650. The number of aliphatic carboxylic acids is 1. The van der Waals surface area contributed by atoms with Gasteiger partial charge in [-0.25, -0.2) is 0 Å². The third kappa shape index (κ3) is 36.0. The highest BCUT2D eigenvalue weighted by Crippen LogP contribution is 2.20. The Hall–Kier alpha value is -0.0231. The summed E-state index contributed by atoms with van der Waals surface area (Å²) in [6, 6.07) is 1.29. The molecule has 0 amide bonds. The monoisotopic (exact) mass is 558 g/mol. The molecule has 0 fully saturated rings. The zero-order valence-corrected chi connectivity index (χ0v) is 27.2. The van der Waals surface area contributed by atoms with Crippen molar-refractivity contribution in [3.05, 3.63) is 0 Å². The molecule has 2 nitrogen and oxygen atoms in total. The number of rotatable bonds is 31. The summed E-state index contributed by atoms with van der Waals surface area (Å²) in [4.78, 5) is 10.5. The molecule has 0 bridgehead atoms. The maximum atomic E-state index is 10.5. The molecule has 1 N–H and O–H groups in total. The maximum absolute atomic E-state index is 10.5. The third-order valence-electron chi connectivity index (χ3n) is 7.91. The minimum atomic E-state index is -1.32. The molecule has 0 aromatic rings. The summed E-state index contributed by atoms with van der Waals surface area (Å²) in [6.45, 7) is 4.53. The summed E-state index contributed by atoms with van der Waals surface area (Å²) in [6.07, 6.45) is 39.1. The number of carboxylic acids is 1. The van der Waals surface area contributed by atoms with Crippen molar-refractivity contribution in [1.29, 1.82) is 0 Å². The standard InChI is InChI=1S/C33H67ClO2Si/c1-37(2,34)32-30-28-26-24-22-20-18-16-14-12-10-8-6-4-3-5-7-9-11-13-15-17-19-21-23-25-27-29-31-33(35)36/h3-32H2,1-2H3,(H,35,36). The zero-order valence-electron chi connectivity index (χ0n) is 25.4. The van der Waals surface area contributed by atoms with Crippen molar-refractivity contribution < 1.29 is 9.90 Å². The number of halogens is 1. The Labute approximate surface area is 239 Å². The summed E-state index contributed by atoms with van der Waals surface area (Å²) in [5.41, 5.74) is 0. The highest BCUT2D eigenvalue weighted by Gasteiger charge is 2.15. The molecule has 222 valence electrons. The van der Waals surface area contributed by atoms with Crippen molar-refractivity contribution in [2.45, 2.75) is 205 Å². The van der Waals surface area contributed by atoms with Gasteiger partial charge in [-0.3, -0.25) is 4.79 Å². The van der Waals surface area contributed by atoms with E-state index >= 15 is 0 Å². The Morgan fingerprint density at radius 3 is 0.811 bits per heavy atom. The second-order valence-electron chi connectivity index (χ2n) is 12.5. The van der Waals surface area contributed by atoms with E-state index in [2.05, 4.69) is 13.1 Å². The van der Waals surface area contributed by atoms with E-state index in [0.29, 0.717) is 6.42 Å². The first-order valence-corrected chi connectivity index (χ1v) is 21.0. The average molecular weight is 559 g/mol. The second kappa shape index (κ2) is 29.0. The molecule has 0 aromatic carbocycles. The molecular formula is C33H67ClO2Si. The lowest BCUT2D eigenvalue weighted by atomic mass is 10.0. The molecule has 0 spiro atoms. The van der Waals surface area contributed by atoms with Gasteiger partial charge < -0.3 is 5.11 Å². The Bertz CT molecular complexity index is 464. The van der Waals surface area contributed by atoms with E-state index < -0.39 is 13.4 Å². The number of hydrogen-bond donors (Lipinski definition) is 1. The van der Waals surface area contributed by atoms with E-state index in [1.807, 2.05) is 0 Å². The molecule has 0 aliphatic carbocycles. The maximum Gasteiger partial charge on any atom is 0.303 e. The van der Waals surface area contributed by atoms with Gasteiger partial charge in [0, 0.05) is 6.42 Å². The van der Waals surface area contributed by atoms with Crippen LogP contribution in [0.15, 0.2) is 0 Å². The first kappa shape index (κ1) is 37.0. The van der Waals surface area contributed by atoms with Crippen molar-refractivity contribution in [3.8, 4) is 0 Å². The van der Waals surface area contributed by atoms with Crippen LogP contribution in [0.4, 0.5) is 0 Å². The van der Waals surface area contributed by atoms with Gasteiger partial charge in [0.2, 0.25) is 0 Å². The SMILES string of the molecule is C[Si](C)(Cl)CCCCCCCCCCCCCCCCCCCCCCCCCCCCCCC(=O)O. The van der Waals surface area contributed by atoms with Crippen LogP contribution in [0.3, 0.4) is 0 Å². The first-order valence-electron chi connectivity index (χ1n) is 16.8. The molecule has 0 unspecified atom stereocenters. The number of hydrogen-bond acceptors (Lipinski definition) is 1. The lowest BCUT2D eigenvalue weighted by Gasteiger charge is -2.11. The molecule has 0 aliphatic heterocycles. The lowest BCUT2D eigenvalue weighted by Crippen LogP contribution is -2.14. The fourth-order valence-corrected chi connectivity index (χ4v) is 6.91. The molecule has 0 radical (unpaired) electrons. The normalized spacial score (nSPS) is 11.9. The topological polar surface area (TPSA) is 37.3 Å². The smallest absolute Gasteiger partial charge is 0.303 e. The van der Waals surface area contributed by atoms with Crippen LogP contribution in [-0.2, 0) is 4.79 Å². The van der Waals surface area contributed by atoms with Gasteiger partial charge in [0.05, 0.1) is 0 Å². The summed E-state index contributed by atoms with van der Waals surface area (Å²) in [7, 11) is -1.32. The summed E-state index contributed by atoms with van der Waals surface area (Å²) >= 11 is 6.38. The van der Waals surface area contributed by atoms with Gasteiger partial charge >= 0.3 is 5.97 Å². The molecule has 0 saturated carbocycles. The molecule has 0 saturated heterocycles. The van der Waals surface area contributed by atoms with Crippen molar-refractivity contribution >= 4 is 24.4 Å². The fraction of sp³-hybridized carbons (Fsp3) is 0.970. The van der Waals surface area contributed by atoms with Crippen LogP contribution in [0.2, 0.25) is 19.1 Å². The van der Waals surface area contributed by atoms with Crippen LogP contribution in [0.1, 0.15) is 186 Å². The van der Waals surface area contributed by atoms with E-state index in [-0.39, 0.29) is 0 Å². The quantitative estimate of drug-likeness (QED) is 0.0521. The van der Waals surface area contributed by atoms with E-state index in [4.69, 9.17) is 16.2 Å². The second-order valence-corrected chi connectivity index (χ2v) is 19.5. The van der Waals surface area contributed by atoms with Gasteiger partial charge in [-0.05, 0) is 12.5 Å². The van der Waals surface area contributed by atoms with Gasteiger partial charge in [0.1, 0.15) is 7.38 Å². The van der Waals surface area contributed by atoms with Crippen molar-refractivity contribution in [2.75, 3.05) is 0 Å². The molecule has 37 heavy (non-hydrogen) atoms. The predicted molar refractivity (Wildman–Crippen MR) is 170 cm³/mol. The zero-order chi connectivity index (χ0) is 27.3. The van der Waals surface area contributed by atoms with E-state index in [1.54, 1.807) is 0 Å². The van der Waals surface area contributed by atoms with Crippen LogP contribution in [0, 0.1) is 0 Å². The third-order valence-corrected chi connectivity index (χ3v) is 10.0. The molecule has 0 heterocycles. The van der Waals surface area contributed by atoms with E-state index in [0.717, 1.165) is 12.8 Å². The molecule has 0 aromatic heterocycles. The van der Waals surface area contributed by atoms with Gasteiger partial charge in [0.25, 0.3) is 0 Å². The fourth-order valence-electron chi connectivity index (χ4n) is 5.42. The Morgan fingerprint density at radius 2 is 0.622 bits per heavy atom. The van der Waals surface area contributed by atoms with Gasteiger partial charge in [0.15, 0.2) is 0 Å². The number of carboxylic acid groups (broad SMARTS) is 1. The van der Waals surface area contributed by atoms with E-state index in [9.17, 15) is 4.79 Å². The van der Waals surface area contributed by atoms with Gasteiger partial charge in [-0.2, -0.15) is 11.1 Å². The van der Waals surface area contributed by atoms with E-state index in [1.165, 1.54) is 173 Å². The van der Waals surface area contributed by atoms with Crippen molar-refractivity contribution in [2.24, 2.45) is 0 Å². The van der Waals surface area contributed by atoms with Crippen LogP contribution in [-0.4, -0.2) is 18.5 Å². The lowest BCUT2D eigenvalue weighted by molar-refractivity contribution is -0.137. The van der Waals surface area contributed by atoms with Crippen molar-refractivity contribution in [1.82, 2.24) is 0 Å². The predicted octanol–water partition coefficient (Wildman–Crippen LogP) is 12.8. The Kier molecular flexibility index (Phi) is 29.0. The highest BCUT2D eigenvalue weighted by atomic mass is 35.6. The van der Waals surface area contributed by atoms with Gasteiger partial charge in [-0.15, -0.1) is 0 Å². The largest absolute Gasteiger partial charge is 0.481 e. The van der Waals surface area contributed by atoms with Crippen LogP contribution in [0.25, 0.3) is 0 Å². The Morgan fingerprint density at radius 1 is 0.432 bits per heavy atom. The molecule has 0 atom stereocenters. The average Bonchev–Trinajstić information content (AvgIpc) is 2.84. The minimum absolute atomic E-state index is 0.345. The van der Waals surface area contributed by atoms with Crippen molar-refractivity contribution in [3.63, 3.8) is 0 Å². The first-order chi connectivity index (χ1) is 17.9.